The highest BCUT2D eigenvalue weighted by molar-refractivity contribution is 5.57. The number of aromatic nitrogens is 3. The van der Waals surface area contributed by atoms with Crippen LogP contribution in [0.3, 0.4) is 0 Å². The maximum atomic E-state index is 5.21. The molecule has 2 aromatic rings. The van der Waals surface area contributed by atoms with Crippen LogP contribution in [0.15, 0.2) is 6.07 Å². The van der Waals surface area contributed by atoms with Crippen molar-refractivity contribution >= 4 is 11.5 Å². The summed E-state index contributed by atoms with van der Waals surface area (Å²) in [4.78, 5) is 9.69. The number of hydrogen-bond donors (Lipinski definition) is 0. The van der Waals surface area contributed by atoms with Gasteiger partial charge in [0.15, 0.2) is 5.65 Å². The Balaban J connectivity index is 1.93. The molecule has 0 aromatic carbocycles. The predicted octanol–water partition coefficient (Wildman–Crippen LogP) is 2.41. The maximum Gasteiger partial charge on any atom is 0.157 e. The Hall–Kier alpha value is -1.66. The van der Waals surface area contributed by atoms with E-state index in [-0.39, 0.29) is 5.41 Å². The Morgan fingerprint density at radius 1 is 1.12 bits per heavy atom. The number of fused-ring (bicyclic) bond motifs is 1. The van der Waals surface area contributed by atoms with Crippen molar-refractivity contribution in [3.63, 3.8) is 0 Å². The number of hydrogen-bond acceptors (Lipinski definition) is 5. The minimum absolute atomic E-state index is 0.0195. The average molecular weight is 345 g/mol. The molecule has 0 N–H and O–H groups in total. The molecule has 0 amide bonds. The number of rotatable bonds is 4. The van der Waals surface area contributed by atoms with Gasteiger partial charge in [-0.2, -0.15) is 9.61 Å². The monoisotopic (exact) mass is 345 g/mol. The van der Waals surface area contributed by atoms with Crippen LogP contribution in [0.2, 0.25) is 0 Å². The summed E-state index contributed by atoms with van der Waals surface area (Å²) in [6, 6.07) is 2.13. The van der Waals surface area contributed by atoms with Crippen LogP contribution in [0.25, 0.3) is 5.65 Å². The molecule has 0 radical (unpaired) electrons. The third-order valence-corrected chi connectivity index (χ3v) is 5.10. The van der Waals surface area contributed by atoms with Crippen molar-refractivity contribution in [1.29, 1.82) is 0 Å². The van der Waals surface area contributed by atoms with Gasteiger partial charge < -0.3 is 9.64 Å². The van der Waals surface area contributed by atoms with Gasteiger partial charge in [0.2, 0.25) is 0 Å². The molecule has 6 nitrogen and oxygen atoms in total. The van der Waals surface area contributed by atoms with Crippen molar-refractivity contribution < 1.29 is 4.74 Å². The number of nitrogens with zero attached hydrogens (tertiary/aromatic N) is 5. The third kappa shape index (κ3) is 3.65. The molecule has 1 fully saturated rings. The fourth-order valence-corrected chi connectivity index (χ4v) is 3.32. The predicted molar refractivity (Wildman–Crippen MR) is 102 cm³/mol. The lowest BCUT2D eigenvalue weighted by Crippen LogP contribution is -2.48. The quantitative estimate of drug-likeness (QED) is 0.851. The van der Waals surface area contributed by atoms with Crippen molar-refractivity contribution in [2.75, 3.05) is 51.3 Å². The smallest absolute Gasteiger partial charge is 0.157 e. The minimum atomic E-state index is 0.0195. The van der Waals surface area contributed by atoms with Crippen LogP contribution in [0.5, 0.6) is 0 Å². The largest absolute Gasteiger partial charge is 0.383 e. The van der Waals surface area contributed by atoms with E-state index in [2.05, 4.69) is 50.5 Å². The summed E-state index contributed by atoms with van der Waals surface area (Å²) in [7, 11) is 1.76. The number of ether oxygens (including phenoxy) is 1. The Bertz CT molecular complexity index is 738. The molecule has 0 unspecified atom stereocenters. The second kappa shape index (κ2) is 6.92. The van der Waals surface area contributed by atoms with Crippen LogP contribution in [0.4, 0.5) is 5.82 Å². The topological polar surface area (TPSA) is 45.9 Å². The van der Waals surface area contributed by atoms with Gasteiger partial charge in [-0.1, -0.05) is 20.8 Å². The fraction of sp³-hybridized carbons (Fsp3) is 0.684. The van der Waals surface area contributed by atoms with E-state index in [4.69, 9.17) is 14.8 Å². The maximum absolute atomic E-state index is 5.21. The van der Waals surface area contributed by atoms with E-state index < -0.39 is 0 Å². The molecule has 0 saturated carbocycles. The zero-order valence-electron chi connectivity index (χ0n) is 16.5. The molecule has 25 heavy (non-hydrogen) atoms. The first-order chi connectivity index (χ1) is 11.8. The molecule has 0 spiro atoms. The second-order valence-corrected chi connectivity index (χ2v) is 8.02. The van der Waals surface area contributed by atoms with E-state index in [1.54, 1.807) is 7.11 Å². The molecule has 0 atom stereocenters. The summed E-state index contributed by atoms with van der Waals surface area (Å²) >= 11 is 0. The van der Waals surface area contributed by atoms with E-state index in [9.17, 15) is 0 Å². The standard InChI is InChI=1S/C19H31N5O/c1-14-15(2)20-17-13-16(19(3,4)5)21-24(17)18(14)23-9-7-22(8-10-23)11-12-25-6/h13H,7-12H2,1-6H3. The lowest BCUT2D eigenvalue weighted by atomic mass is 9.93. The van der Waals surface area contributed by atoms with E-state index in [0.29, 0.717) is 0 Å². The van der Waals surface area contributed by atoms with Crippen LogP contribution in [0.1, 0.15) is 37.7 Å². The van der Waals surface area contributed by atoms with Gasteiger partial charge in [-0.3, -0.25) is 4.90 Å². The molecule has 1 aliphatic heterocycles. The normalized spacial score (nSPS) is 16.8. The number of aryl methyl sites for hydroxylation is 1. The Morgan fingerprint density at radius 2 is 1.80 bits per heavy atom. The fourth-order valence-electron chi connectivity index (χ4n) is 3.32. The molecule has 138 valence electrons. The van der Waals surface area contributed by atoms with E-state index in [0.717, 1.165) is 56.4 Å². The van der Waals surface area contributed by atoms with Crippen molar-refractivity contribution in [2.24, 2.45) is 0 Å². The first kappa shape index (κ1) is 18.1. The molecule has 3 heterocycles. The van der Waals surface area contributed by atoms with Gasteiger partial charge in [0.1, 0.15) is 5.82 Å². The Kier molecular flexibility index (Phi) is 5.02. The van der Waals surface area contributed by atoms with E-state index in [1.807, 2.05) is 4.52 Å². The lowest BCUT2D eigenvalue weighted by molar-refractivity contribution is 0.144. The van der Waals surface area contributed by atoms with Crippen LogP contribution < -0.4 is 4.90 Å². The molecular formula is C19H31N5O. The van der Waals surface area contributed by atoms with Gasteiger partial charge in [0, 0.05) is 62.6 Å². The lowest BCUT2D eigenvalue weighted by Gasteiger charge is -2.36. The highest BCUT2D eigenvalue weighted by Gasteiger charge is 2.25. The zero-order chi connectivity index (χ0) is 18.2. The first-order valence-electron chi connectivity index (χ1n) is 9.15. The van der Waals surface area contributed by atoms with Crippen LogP contribution in [0, 0.1) is 13.8 Å². The van der Waals surface area contributed by atoms with Crippen molar-refractivity contribution in [1.82, 2.24) is 19.5 Å². The van der Waals surface area contributed by atoms with Crippen molar-refractivity contribution in [3.05, 3.63) is 23.0 Å². The summed E-state index contributed by atoms with van der Waals surface area (Å²) in [5.41, 5.74) is 4.37. The van der Waals surface area contributed by atoms with Gasteiger partial charge in [0.25, 0.3) is 0 Å². The van der Waals surface area contributed by atoms with Crippen LogP contribution in [-0.2, 0) is 10.2 Å². The number of anilines is 1. The molecule has 0 bridgehead atoms. The van der Waals surface area contributed by atoms with Gasteiger partial charge in [0.05, 0.1) is 12.3 Å². The van der Waals surface area contributed by atoms with Crippen molar-refractivity contribution in [3.8, 4) is 0 Å². The highest BCUT2D eigenvalue weighted by Crippen LogP contribution is 2.28. The summed E-state index contributed by atoms with van der Waals surface area (Å²) in [6.07, 6.45) is 0. The van der Waals surface area contributed by atoms with Crippen LogP contribution >= 0.6 is 0 Å². The van der Waals surface area contributed by atoms with Gasteiger partial charge in [-0.25, -0.2) is 4.98 Å². The zero-order valence-corrected chi connectivity index (χ0v) is 16.5. The van der Waals surface area contributed by atoms with E-state index >= 15 is 0 Å². The molecule has 2 aromatic heterocycles. The Morgan fingerprint density at radius 3 is 2.40 bits per heavy atom. The van der Waals surface area contributed by atoms with E-state index in [1.165, 1.54) is 11.4 Å². The SMILES string of the molecule is COCCN1CCN(c2c(C)c(C)nc3cc(C(C)(C)C)nn23)CC1. The second-order valence-electron chi connectivity index (χ2n) is 8.02. The van der Waals surface area contributed by atoms with Crippen LogP contribution in [-0.4, -0.2) is 65.9 Å². The Labute approximate surface area is 150 Å². The molecule has 1 aliphatic rings. The van der Waals surface area contributed by atoms with Gasteiger partial charge in [-0.05, 0) is 13.8 Å². The summed E-state index contributed by atoms with van der Waals surface area (Å²) in [6.45, 7) is 16.8. The van der Waals surface area contributed by atoms with Crippen molar-refractivity contribution in [2.45, 2.75) is 40.0 Å². The van der Waals surface area contributed by atoms with Gasteiger partial charge in [-0.15, -0.1) is 0 Å². The molecule has 1 saturated heterocycles. The number of piperazine rings is 1. The first-order valence-corrected chi connectivity index (χ1v) is 9.15. The minimum Gasteiger partial charge on any atom is -0.383 e. The molecule has 0 aliphatic carbocycles. The summed E-state index contributed by atoms with van der Waals surface area (Å²) in [5.74, 6) is 1.20. The molecule has 6 heteroatoms. The van der Waals surface area contributed by atoms with Gasteiger partial charge >= 0.3 is 0 Å². The molecule has 3 rings (SSSR count). The summed E-state index contributed by atoms with van der Waals surface area (Å²) in [5, 5.41) is 4.91. The third-order valence-electron chi connectivity index (χ3n) is 5.10. The molecular weight excluding hydrogens is 314 g/mol. The highest BCUT2D eigenvalue weighted by atomic mass is 16.5. The average Bonchev–Trinajstić information content (AvgIpc) is 2.98. The summed E-state index contributed by atoms with van der Waals surface area (Å²) < 4.78 is 7.25. The number of methoxy groups -OCH3 is 1.